The van der Waals surface area contributed by atoms with Gasteiger partial charge >= 0.3 is 0 Å². The molecule has 352 valence electrons. The summed E-state index contributed by atoms with van der Waals surface area (Å²) in [6, 6.07) is 19.3. The van der Waals surface area contributed by atoms with E-state index in [9.17, 15) is 0 Å². The number of furan rings is 1. The smallest absolute Gasteiger partial charge is 0.182 e. The number of rotatable bonds is 0. The van der Waals surface area contributed by atoms with Gasteiger partial charge in [0, 0.05) is 138 Å². The van der Waals surface area contributed by atoms with Crippen molar-refractivity contribution in [3.05, 3.63) is 212 Å². The lowest BCUT2D eigenvalue weighted by Crippen LogP contribution is -1.83. The summed E-state index contributed by atoms with van der Waals surface area (Å²) in [6.45, 7) is 0.831. The average Bonchev–Trinajstić information content (AvgIpc) is 4.31. The maximum Gasteiger partial charge on any atom is 0.182 e. The van der Waals surface area contributed by atoms with E-state index in [0.29, 0.717) is 0 Å². The topological polar surface area (TPSA) is 219 Å². The number of hydrogen-bond donors (Lipinski definition) is 0. The molecule has 0 saturated heterocycles. The third-order valence-corrected chi connectivity index (χ3v) is 12.4. The van der Waals surface area contributed by atoms with E-state index in [2.05, 4.69) is 80.8 Å². The number of thiazole rings is 1. The molecule has 72 heavy (non-hydrogen) atoms. The van der Waals surface area contributed by atoms with E-state index in [1.807, 2.05) is 91.4 Å². The van der Waals surface area contributed by atoms with Crippen molar-refractivity contribution in [2.24, 2.45) is 9.98 Å². The molecular weight excluding hydrogens is 965 g/mol. The third kappa shape index (κ3) is 13.5. The van der Waals surface area contributed by atoms with E-state index < -0.39 is 0 Å². The number of pyridine rings is 8. The van der Waals surface area contributed by atoms with Crippen molar-refractivity contribution in [2.75, 3.05) is 0 Å². The van der Waals surface area contributed by atoms with Crippen LogP contribution in [-0.4, -0.2) is 71.8 Å². The fraction of sp³-hybridized carbons (Fsp3) is 0.0385. The molecule has 0 atom stereocenters. The lowest BCUT2D eigenvalue weighted by Gasteiger charge is -1.90. The molecule has 16 rings (SSSR count). The maximum absolute atomic E-state index is 5.08. The summed E-state index contributed by atoms with van der Waals surface area (Å²) in [7, 11) is 0. The molecule has 0 fully saturated rings. The minimum Gasteiger partial charge on any atom is -0.464 e. The second kappa shape index (κ2) is 25.4. The molecule has 0 N–H and O–H groups in total. The molecule has 0 saturated carbocycles. The van der Waals surface area contributed by atoms with Crippen LogP contribution in [0.25, 0.3) is 63.4 Å². The summed E-state index contributed by atoms with van der Waals surface area (Å²) in [4.78, 5) is 47.6. The van der Waals surface area contributed by atoms with Gasteiger partial charge in [-0.1, -0.05) is 5.16 Å². The van der Waals surface area contributed by atoms with Crippen molar-refractivity contribution >= 4 is 116 Å². The number of aromatic nitrogens is 12. The number of aliphatic imine (C=N–C) groups is 2. The highest BCUT2D eigenvalue weighted by Crippen LogP contribution is 2.21. The molecule has 16 heterocycles. The van der Waals surface area contributed by atoms with Crippen LogP contribution in [0.4, 0.5) is 5.69 Å². The van der Waals surface area contributed by atoms with E-state index >= 15 is 0 Å². The number of oxazole rings is 1. The van der Waals surface area contributed by atoms with Crippen LogP contribution in [0.3, 0.4) is 0 Å². The summed E-state index contributed by atoms with van der Waals surface area (Å²) in [5.41, 5.74) is 10.8. The quantitative estimate of drug-likeness (QED) is 0.138. The van der Waals surface area contributed by atoms with Gasteiger partial charge in [0.2, 0.25) is 0 Å². The Kier molecular flexibility index (Phi) is 16.9. The normalized spacial score (nSPS) is 11.1. The molecule has 0 spiro atoms. The molecule has 20 heteroatoms. The molecule has 0 aromatic carbocycles. The molecule has 17 nitrogen and oxygen atoms in total. The van der Waals surface area contributed by atoms with E-state index in [1.165, 1.54) is 48.5 Å². The highest BCUT2D eigenvalue weighted by molar-refractivity contribution is 7.17. The first-order valence-corrected chi connectivity index (χ1v) is 24.2. The first-order valence-electron chi connectivity index (χ1n) is 21.7. The second-order valence-electron chi connectivity index (χ2n) is 14.6. The predicted octanol–water partition coefficient (Wildman–Crippen LogP) is 12.3. The zero-order valence-corrected chi connectivity index (χ0v) is 40.2. The monoisotopic (exact) mass is 1000 g/mol. The number of fused-ring (bicyclic) bond motifs is 8. The first kappa shape index (κ1) is 47.8. The summed E-state index contributed by atoms with van der Waals surface area (Å²) in [5.74, 6) is 0. The van der Waals surface area contributed by atoms with Crippen molar-refractivity contribution in [3.63, 3.8) is 0 Å². The van der Waals surface area contributed by atoms with Crippen LogP contribution in [0.1, 0.15) is 16.7 Å². The molecule has 0 bridgehead atoms. The van der Waals surface area contributed by atoms with Crippen LogP contribution in [0, 0.1) is 0 Å². The summed E-state index contributed by atoms with van der Waals surface area (Å²) in [5, 5.41) is 10.0. The molecular formula is C52H38N14O3S3. The molecule has 0 radical (unpaired) electrons. The Balaban J connectivity index is 0.000000102. The van der Waals surface area contributed by atoms with Crippen molar-refractivity contribution in [1.29, 1.82) is 0 Å². The van der Waals surface area contributed by atoms with Gasteiger partial charge in [-0.2, -0.15) is 4.37 Å². The fourth-order valence-corrected chi connectivity index (χ4v) is 8.36. The van der Waals surface area contributed by atoms with Crippen LogP contribution in [0.15, 0.2) is 219 Å². The largest absolute Gasteiger partial charge is 0.464 e. The van der Waals surface area contributed by atoms with Gasteiger partial charge in [0.25, 0.3) is 0 Å². The summed E-state index contributed by atoms with van der Waals surface area (Å²) >= 11 is 4.88. The van der Waals surface area contributed by atoms with E-state index in [-0.39, 0.29) is 0 Å². The van der Waals surface area contributed by atoms with E-state index in [1.54, 1.807) is 122 Å². The van der Waals surface area contributed by atoms with Gasteiger partial charge in [-0.3, -0.25) is 49.9 Å². The minimum atomic E-state index is 0.782. The first-order chi connectivity index (χ1) is 35.7. The van der Waals surface area contributed by atoms with Gasteiger partial charge in [-0.15, -0.1) is 22.7 Å². The molecule has 2 aliphatic rings. The molecule has 0 unspecified atom stereocenters. The summed E-state index contributed by atoms with van der Waals surface area (Å²) < 4.78 is 22.6. The molecule has 0 aliphatic carbocycles. The number of thiophene rings is 1. The fourth-order valence-electron chi connectivity index (χ4n) is 6.35. The van der Waals surface area contributed by atoms with Gasteiger partial charge in [-0.05, 0) is 76.6 Å². The second-order valence-corrected chi connectivity index (χ2v) is 17.3. The highest BCUT2D eigenvalue weighted by Gasteiger charge is 2.04. The Labute approximate surface area is 421 Å². The Morgan fingerprint density at radius 1 is 0.472 bits per heavy atom. The van der Waals surface area contributed by atoms with E-state index in [4.69, 9.17) is 13.4 Å². The zero-order valence-electron chi connectivity index (χ0n) is 37.8. The van der Waals surface area contributed by atoms with Crippen LogP contribution < -0.4 is 0 Å². The van der Waals surface area contributed by atoms with Crippen LogP contribution in [0.2, 0.25) is 0 Å². The third-order valence-electron chi connectivity index (χ3n) is 9.94. The number of nitrogens with zero attached hydrogens (tertiary/aromatic N) is 14. The Bertz CT molecular complexity index is 3170. The Hall–Kier alpha value is -9.24. The van der Waals surface area contributed by atoms with Gasteiger partial charge in [0.1, 0.15) is 11.1 Å². The van der Waals surface area contributed by atoms with Crippen molar-refractivity contribution < 1.29 is 13.4 Å². The standard InChI is InChI=1S/2C7H6N2.C7H5NO.C7H5NS.2C6H4N2O.2C6H4N2S/c1-3-8-5-7-6(1)2-4-9-7;1-2-8-4-7-5-9-3-6(1)7;2*1-3-8-5-6-2-4-9-7(1)6;1-2-7-3-5-6(1)9-4-8-5;1-2-7-3-5-4-8-9-6(1)5;1-2-7-3-5-6(1)9-4-8-5;1-2-7-3-5-4-8-9-6(1)5/h1,3-5H,2H2;1-2,4-5H,3H2;2*1-5H;4*1-4H. The maximum atomic E-state index is 5.08. The molecule has 14 aromatic heterocycles. The summed E-state index contributed by atoms with van der Waals surface area (Å²) in [6.07, 6.45) is 39.6. The van der Waals surface area contributed by atoms with Gasteiger partial charge < -0.3 is 13.4 Å². The van der Waals surface area contributed by atoms with Gasteiger partial charge in [0.15, 0.2) is 17.6 Å². The SMILES string of the molecule is C1=NCc2ccncc21.C1=Nc2cnccc2C1.c1cc2occc2cn1.c1cc2ocnc2cn1.c1cc2oncc2cn1.c1cc2sccc2cn1.c1cc2scnc2cn1.c1cc2sncc2cn1. The lowest BCUT2D eigenvalue weighted by atomic mass is 10.2. The van der Waals surface area contributed by atoms with Crippen molar-refractivity contribution in [2.45, 2.75) is 13.0 Å². The number of hydrogen-bond acceptors (Lipinski definition) is 20. The lowest BCUT2D eigenvalue weighted by molar-refractivity contribution is 0.456. The zero-order chi connectivity index (χ0) is 48.8. The Morgan fingerprint density at radius 3 is 1.92 bits per heavy atom. The Morgan fingerprint density at radius 2 is 1.15 bits per heavy atom. The van der Waals surface area contributed by atoms with Crippen LogP contribution in [0.5, 0.6) is 0 Å². The van der Waals surface area contributed by atoms with Gasteiger partial charge in [0.05, 0.1) is 75.3 Å². The minimum absolute atomic E-state index is 0.782. The van der Waals surface area contributed by atoms with Crippen molar-refractivity contribution in [3.8, 4) is 0 Å². The predicted molar refractivity (Wildman–Crippen MR) is 284 cm³/mol. The molecule has 14 aromatic rings. The van der Waals surface area contributed by atoms with Gasteiger partial charge in [-0.25, -0.2) is 9.97 Å². The van der Waals surface area contributed by atoms with Crippen LogP contribution in [-0.2, 0) is 13.0 Å². The molecule has 0 amide bonds. The average molecular weight is 1000 g/mol. The molecule has 2 aliphatic heterocycles. The van der Waals surface area contributed by atoms with Crippen molar-refractivity contribution in [1.82, 2.24) is 59.4 Å². The highest BCUT2D eigenvalue weighted by atomic mass is 32.1. The van der Waals surface area contributed by atoms with Crippen LogP contribution >= 0.6 is 34.2 Å². The van der Waals surface area contributed by atoms with E-state index in [0.717, 1.165) is 68.2 Å².